The molecule has 3 nitrogen and oxygen atoms in total. The molecule has 0 saturated carbocycles. The SMILES string of the molecule is CN1/C(=C/C(F)(F)F)c2ccccc2S1(=O)=O. The number of alkyl halides is 3. The standard InChI is InChI=1S/C10H8F3NO2S/c1-14-8(6-10(11,12)13)7-4-2-3-5-9(7)17(14,15)16/h2-6H,1H3/b8-6+. The molecule has 1 aromatic carbocycles. The van der Waals surface area contributed by atoms with Gasteiger partial charge in [0.1, 0.15) is 0 Å². The molecule has 17 heavy (non-hydrogen) atoms. The number of fused-ring (bicyclic) bond motifs is 1. The summed E-state index contributed by atoms with van der Waals surface area (Å²) in [6.07, 6.45) is -4.56. The van der Waals surface area contributed by atoms with E-state index < -0.39 is 16.2 Å². The maximum Gasteiger partial charge on any atom is 0.411 e. The summed E-state index contributed by atoms with van der Waals surface area (Å²) in [5.74, 6) is 0. The number of rotatable bonds is 0. The van der Waals surface area contributed by atoms with Crippen molar-refractivity contribution >= 4 is 15.7 Å². The lowest BCUT2D eigenvalue weighted by molar-refractivity contribution is -0.0797. The molecule has 0 amide bonds. The average Bonchev–Trinajstić information content (AvgIpc) is 2.39. The van der Waals surface area contributed by atoms with Crippen molar-refractivity contribution in [2.45, 2.75) is 11.1 Å². The van der Waals surface area contributed by atoms with E-state index in [2.05, 4.69) is 0 Å². The van der Waals surface area contributed by atoms with Crippen molar-refractivity contribution in [3.63, 3.8) is 0 Å². The van der Waals surface area contributed by atoms with E-state index in [4.69, 9.17) is 0 Å². The van der Waals surface area contributed by atoms with Crippen LogP contribution in [-0.2, 0) is 10.0 Å². The number of nitrogens with zero attached hydrogens (tertiary/aromatic N) is 1. The van der Waals surface area contributed by atoms with Crippen LogP contribution in [0, 0.1) is 0 Å². The number of allylic oxidation sites excluding steroid dienone is 1. The Balaban J connectivity index is 2.71. The van der Waals surface area contributed by atoms with Gasteiger partial charge in [0.2, 0.25) is 0 Å². The van der Waals surface area contributed by atoms with E-state index in [1.807, 2.05) is 0 Å². The Labute approximate surface area is 96.2 Å². The Morgan fingerprint density at radius 3 is 2.41 bits per heavy atom. The fraction of sp³-hybridized carbons (Fsp3) is 0.200. The maximum absolute atomic E-state index is 12.3. The van der Waals surface area contributed by atoms with Crippen molar-refractivity contribution in [3.8, 4) is 0 Å². The van der Waals surface area contributed by atoms with Crippen molar-refractivity contribution in [2.75, 3.05) is 7.05 Å². The van der Waals surface area contributed by atoms with Crippen LogP contribution in [0.4, 0.5) is 13.2 Å². The van der Waals surface area contributed by atoms with Crippen LogP contribution in [-0.4, -0.2) is 25.9 Å². The summed E-state index contributed by atoms with van der Waals surface area (Å²) in [4.78, 5) is -0.0991. The Bertz CT molecular complexity index is 590. The third-order valence-corrected chi connectivity index (χ3v) is 4.27. The fourth-order valence-electron chi connectivity index (χ4n) is 1.67. The zero-order chi connectivity index (χ0) is 12.8. The first-order chi connectivity index (χ1) is 7.73. The first-order valence-electron chi connectivity index (χ1n) is 4.61. The monoisotopic (exact) mass is 263 g/mol. The van der Waals surface area contributed by atoms with Gasteiger partial charge in [0.15, 0.2) is 0 Å². The van der Waals surface area contributed by atoms with Crippen LogP contribution in [0.25, 0.3) is 5.70 Å². The molecule has 1 aliphatic rings. The summed E-state index contributed by atoms with van der Waals surface area (Å²) in [5, 5.41) is 0. The van der Waals surface area contributed by atoms with E-state index in [-0.39, 0.29) is 22.2 Å². The predicted molar refractivity (Wildman–Crippen MR) is 55.4 cm³/mol. The quantitative estimate of drug-likeness (QED) is 0.719. The smallest absolute Gasteiger partial charge is 0.269 e. The third kappa shape index (κ3) is 1.90. The van der Waals surface area contributed by atoms with Crippen LogP contribution in [0.3, 0.4) is 0 Å². The molecule has 0 saturated heterocycles. The molecule has 1 heterocycles. The molecule has 0 fully saturated rings. The van der Waals surface area contributed by atoms with Crippen LogP contribution in [0.2, 0.25) is 0 Å². The van der Waals surface area contributed by atoms with Crippen molar-refractivity contribution in [2.24, 2.45) is 0 Å². The Kier molecular flexibility index (Phi) is 2.46. The van der Waals surface area contributed by atoms with Gasteiger partial charge in [-0.25, -0.2) is 8.42 Å². The van der Waals surface area contributed by atoms with E-state index in [0.29, 0.717) is 4.31 Å². The van der Waals surface area contributed by atoms with Gasteiger partial charge < -0.3 is 0 Å². The summed E-state index contributed by atoms with van der Waals surface area (Å²) in [6.45, 7) is 0. The summed E-state index contributed by atoms with van der Waals surface area (Å²) in [7, 11) is -2.74. The summed E-state index contributed by atoms with van der Waals surface area (Å²) in [5.41, 5.74) is -0.277. The second-order valence-electron chi connectivity index (χ2n) is 3.54. The third-order valence-electron chi connectivity index (χ3n) is 2.44. The largest absolute Gasteiger partial charge is 0.411 e. The molecule has 0 spiro atoms. The highest BCUT2D eigenvalue weighted by Gasteiger charge is 2.38. The lowest BCUT2D eigenvalue weighted by atomic mass is 10.1. The van der Waals surface area contributed by atoms with E-state index in [1.54, 1.807) is 0 Å². The van der Waals surface area contributed by atoms with Crippen LogP contribution in [0.5, 0.6) is 0 Å². The van der Waals surface area contributed by atoms with Gasteiger partial charge in [-0.1, -0.05) is 18.2 Å². The maximum atomic E-state index is 12.3. The predicted octanol–water partition coefficient (Wildman–Crippen LogP) is 2.22. The Morgan fingerprint density at radius 1 is 1.24 bits per heavy atom. The summed E-state index contributed by atoms with van der Waals surface area (Å²) < 4.78 is 61.2. The molecular weight excluding hydrogens is 255 g/mol. The van der Waals surface area contributed by atoms with Gasteiger partial charge in [-0.2, -0.15) is 13.2 Å². The summed E-state index contributed by atoms with van der Waals surface area (Å²) in [6, 6.07) is 5.62. The van der Waals surface area contributed by atoms with Gasteiger partial charge in [-0.05, 0) is 6.07 Å². The molecule has 0 atom stereocenters. The number of hydrogen-bond donors (Lipinski definition) is 0. The number of benzene rings is 1. The minimum atomic E-state index is -4.56. The van der Waals surface area contributed by atoms with Gasteiger partial charge in [-0.3, -0.25) is 4.31 Å². The second-order valence-corrected chi connectivity index (χ2v) is 5.48. The molecule has 1 aromatic rings. The average molecular weight is 263 g/mol. The highest BCUT2D eigenvalue weighted by Crippen LogP contribution is 2.39. The highest BCUT2D eigenvalue weighted by molar-refractivity contribution is 7.90. The molecular formula is C10H8F3NO2S. The van der Waals surface area contributed by atoms with Gasteiger partial charge in [-0.15, -0.1) is 0 Å². The van der Waals surface area contributed by atoms with Crippen molar-refractivity contribution in [3.05, 3.63) is 35.9 Å². The van der Waals surface area contributed by atoms with Gasteiger partial charge in [0.25, 0.3) is 10.0 Å². The fourth-order valence-corrected chi connectivity index (χ4v) is 3.08. The summed E-state index contributed by atoms with van der Waals surface area (Å²) >= 11 is 0. The van der Waals surface area contributed by atoms with E-state index >= 15 is 0 Å². The first kappa shape index (κ1) is 12.0. The van der Waals surface area contributed by atoms with Crippen LogP contribution < -0.4 is 0 Å². The lowest BCUT2D eigenvalue weighted by Gasteiger charge is -2.13. The molecule has 7 heteroatoms. The van der Waals surface area contributed by atoms with Crippen LogP contribution >= 0.6 is 0 Å². The zero-order valence-corrected chi connectivity index (χ0v) is 9.51. The van der Waals surface area contributed by atoms with E-state index in [0.717, 1.165) is 7.05 Å². The second kappa shape index (κ2) is 3.49. The van der Waals surface area contributed by atoms with Crippen molar-refractivity contribution in [1.29, 1.82) is 0 Å². The van der Waals surface area contributed by atoms with Gasteiger partial charge >= 0.3 is 6.18 Å². The molecule has 92 valence electrons. The van der Waals surface area contributed by atoms with Crippen molar-refractivity contribution < 1.29 is 21.6 Å². The Hall–Kier alpha value is -1.50. The molecule has 1 aliphatic heterocycles. The molecule has 2 rings (SSSR count). The number of sulfonamides is 1. The number of halogens is 3. The molecule has 0 aromatic heterocycles. The zero-order valence-electron chi connectivity index (χ0n) is 8.69. The minimum Gasteiger partial charge on any atom is -0.269 e. The molecule has 0 N–H and O–H groups in total. The highest BCUT2D eigenvalue weighted by atomic mass is 32.2. The first-order valence-corrected chi connectivity index (χ1v) is 6.05. The number of hydrogen-bond acceptors (Lipinski definition) is 2. The normalized spacial score (nSPS) is 20.7. The van der Waals surface area contributed by atoms with E-state index in [9.17, 15) is 21.6 Å². The lowest BCUT2D eigenvalue weighted by Crippen LogP contribution is -2.19. The Morgan fingerprint density at radius 2 is 1.82 bits per heavy atom. The molecule has 0 aliphatic carbocycles. The minimum absolute atomic E-state index is 0.00359. The van der Waals surface area contributed by atoms with Gasteiger partial charge in [0, 0.05) is 18.7 Å². The van der Waals surface area contributed by atoms with Crippen molar-refractivity contribution in [1.82, 2.24) is 4.31 Å². The van der Waals surface area contributed by atoms with E-state index in [1.165, 1.54) is 24.3 Å². The van der Waals surface area contributed by atoms with Crippen LogP contribution in [0.15, 0.2) is 35.2 Å². The van der Waals surface area contributed by atoms with Crippen LogP contribution in [0.1, 0.15) is 5.56 Å². The van der Waals surface area contributed by atoms with Gasteiger partial charge in [0.05, 0.1) is 10.6 Å². The topological polar surface area (TPSA) is 37.4 Å². The molecule has 0 bridgehead atoms. The molecule has 0 radical (unpaired) electrons. The molecule has 0 unspecified atom stereocenters.